The molecule has 1 aromatic carbocycles. The predicted molar refractivity (Wildman–Crippen MR) is 85.7 cm³/mol. The van der Waals surface area contributed by atoms with Crippen LogP contribution < -0.4 is 10.1 Å². The summed E-state index contributed by atoms with van der Waals surface area (Å²) in [5.74, 6) is 0.984. The van der Waals surface area contributed by atoms with Gasteiger partial charge in [0.2, 0.25) is 0 Å². The molecule has 1 N–H and O–H groups in total. The lowest BCUT2D eigenvalue weighted by atomic mass is 9.85. The fourth-order valence-corrected chi connectivity index (χ4v) is 3.25. The van der Waals surface area contributed by atoms with Crippen molar-refractivity contribution in [3.05, 3.63) is 28.8 Å². The maximum Gasteiger partial charge on any atom is 0.125 e. The second-order valence-corrected chi connectivity index (χ2v) is 6.53. The lowest BCUT2D eigenvalue weighted by Gasteiger charge is -2.40. The van der Waals surface area contributed by atoms with Gasteiger partial charge in [-0.25, -0.2) is 0 Å². The third-order valence-corrected chi connectivity index (χ3v) is 4.48. The summed E-state index contributed by atoms with van der Waals surface area (Å²) >= 11 is 6.11. The van der Waals surface area contributed by atoms with Crippen LogP contribution in [0.1, 0.15) is 64.0 Å². The number of hydrogen-bond donors (Lipinski definition) is 1. The van der Waals surface area contributed by atoms with E-state index in [1.54, 1.807) is 0 Å². The summed E-state index contributed by atoms with van der Waals surface area (Å²) in [5.41, 5.74) is 1.12. The van der Waals surface area contributed by atoms with Crippen molar-refractivity contribution in [3.63, 3.8) is 0 Å². The second-order valence-electron chi connectivity index (χ2n) is 6.09. The van der Waals surface area contributed by atoms with Crippen molar-refractivity contribution in [2.24, 2.45) is 0 Å². The molecule has 0 saturated heterocycles. The van der Waals surface area contributed by atoms with Gasteiger partial charge in [0.15, 0.2) is 0 Å². The molecule has 0 amide bonds. The highest BCUT2D eigenvalue weighted by atomic mass is 35.5. The van der Waals surface area contributed by atoms with E-state index in [0.717, 1.165) is 23.6 Å². The van der Waals surface area contributed by atoms with Crippen molar-refractivity contribution in [1.29, 1.82) is 0 Å². The number of unbranched alkanes of at least 4 members (excludes halogenated alkanes) is 3. The van der Waals surface area contributed by atoms with Crippen LogP contribution in [-0.2, 0) is 0 Å². The van der Waals surface area contributed by atoms with Gasteiger partial charge in [-0.2, -0.15) is 0 Å². The summed E-state index contributed by atoms with van der Waals surface area (Å²) in [6.07, 6.45) is 7.25. The summed E-state index contributed by atoms with van der Waals surface area (Å²) in [4.78, 5) is 0. The molecule has 0 saturated carbocycles. The van der Waals surface area contributed by atoms with E-state index in [4.69, 9.17) is 16.3 Å². The highest BCUT2D eigenvalue weighted by molar-refractivity contribution is 6.30. The molecular weight excluding hydrogens is 270 g/mol. The Balaban J connectivity index is 2.10. The van der Waals surface area contributed by atoms with Crippen LogP contribution in [0, 0.1) is 0 Å². The number of nitrogens with one attached hydrogen (secondary N) is 1. The Bertz CT molecular complexity index is 449. The molecule has 3 heteroatoms. The monoisotopic (exact) mass is 295 g/mol. The highest BCUT2D eigenvalue weighted by Gasteiger charge is 2.36. The van der Waals surface area contributed by atoms with Crippen molar-refractivity contribution in [1.82, 2.24) is 5.32 Å². The van der Waals surface area contributed by atoms with E-state index in [-0.39, 0.29) is 5.60 Å². The van der Waals surface area contributed by atoms with Gasteiger partial charge in [0, 0.05) is 23.0 Å². The molecule has 1 aliphatic heterocycles. The van der Waals surface area contributed by atoms with Crippen LogP contribution in [0.4, 0.5) is 0 Å². The molecule has 2 unspecified atom stereocenters. The van der Waals surface area contributed by atoms with Gasteiger partial charge in [0.25, 0.3) is 0 Å². The molecule has 112 valence electrons. The Morgan fingerprint density at radius 3 is 2.85 bits per heavy atom. The van der Waals surface area contributed by atoms with Crippen LogP contribution in [0.15, 0.2) is 18.2 Å². The number of halogens is 1. The Kier molecular flexibility index (Phi) is 5.34. The predicted octanol–water partition coefficient (Wildman–Crippen LogP) is 5.11. The van der Waals surface area contributed by atoms with Gasteiger partial charge in [0.05, 0.1) is 0 Å². The standard InChI is InChI=1S/C17H26ClNO/c1-4-5-6-7-10-17(2)12-15(19-3)14-11-13(18)8-9-16(14)20-17/h8-9,11,15,19H,4-7,10,12H2,1-3H3. The van der Waals surface area contributed by atoms with E-state index in [2.05, 4.69) is 19.2 Å². The molecular formula is C17H26ClNO. The molecule has 1 aromatic rings. The van der Waals surface area contributed by atoms with Gasteiger partial charge in [-0.05, 0) is 45.0 Å². The van der Waals surface area contributed by atoms with Crippen molar-refractivity contribution in [3.8, 4) is 5.75 Å². The molecule has 1 aliphatic rings. The summed E-state index contributed by atoms with van der Waals surface area (Å²) in [6, 6.07) is 6.27. The van der Waals surface area contributed by atoms with Gasteiger partial charge >= 0.3 is 0 Å². The fourth-order valence-electron chi connectivity index (χ4n) is 3.07. The van der Waals surface area contributed by atoms with E-state index < -0.39 is 0 Å². The maximum absolute atomic E-state index is 6.29. The van der Waals surface area contributed by atoms with Gasteiger partial charge in [-0.1, -0.05) is 37.8 Å². The van der Waals surface area contributed by atoms with E-state index in [1.165, 1.54) is 31.2 Å². The Morgan fingerprint density at radius 2 is 2.15 bits per heavy atom. The summed E-state index contributed by atoms with van der Waals surface area (Å²) in [7, 11) is 2.01. The number of hydrogen-bond acceptors (Lipinski definition) is 2. The lowest BCUT2D eigenvalue weighted by molar-refractivity contribution is 0.0384. The number of rotatable bonds is 6. The molecule has 0 bridgehead atoms. The second kappa shape index (κ2) is 6.82. The third kappa shape index (κ3) is 3.67. The normalized spacial score (nSPS) is 25.1. The highest BCUT2D eigenvalue weighted by Crippen LogP contribution is 2.42. The van der Waals surface area contributed by atoms with E-state index in [0.29, 0.717) is 6.04 Å². The molecule has 2 rings (SSSR count). The first kappa shape index (κ1) is 15.7. The Hall–Kier alpha value is -0.730. The summed E-state index contributed by atoms with van der Waals surface area (Å²) in [6.45, 7) is 4.48. The van der Waals surface area contributed by atoms with Crippen LogP contribution in [0.5, 0.6) is 5.75 Å². The Labute approximate surface area is 127 Å². The van der Waals surface area contributed by atoms with Crippen molar-refractivity contribution < 1.29 is 4.74 Å². The fraction of sp³-hybridized carbons (Fsp3) is 0.647. The van der Waals surface area contributed by atoms with E-state index in [1.807, 2.05) is 25.2 Å². The zero-order valence-electron chi connectivity index (χ0n) is 12.8. The van der Waals surface area contributed by atoms with Crippen molar-refractivity contribution in [2.45, 2.75) is 64.0 Å². The van der Waals surface area contributed by atoms with Crippen LogP contribution in [0.2, 0.25) is 5.02 Å². The minimum atomic E-state index is -0.0672. The van der Waals surface area contributed by atoms with Crippen LogP contribution in [0.3, 0.4) is 0 Å². The average molecular weight is 296 g/mol. The average Bonchev–Trinajstić information content (AvgIpc) is 2.43. The molecule has 0 spiro atoms. The zero-order chi connectivity index (χ0) is 14.6. The summed E-state index contributed by atoms with van der Waals surface area (Å²) in [5, 5.41) is 4.18. The van der Waals surface area contributed by atoms with Gasteiger partial charge < -0.3 is 10.1 Å². The van der Waals surface area contributed by atoms with Crippen LogP contribution in [-0.4, -0.2) is 12.6 Å². The van der Waals surface area contributed by atoms with E-state index >= 15 is 0 Å². The van der Waals surface area contributed by atoms with E-state index in [9.17, 15) is 0 Å². The van der Waals surface area contributed by atoms with Crippen LogP contribution >= 0.6 is 11.6 Å². The molecule has 2 atom stereocenters. The topological polar surface area (TPSA) is 21.3 Å². The Morgan fingerprint density at radius 1 is 1.35 bits per heavy atom. The number of benzene rings is 1. The minimum Gasteiger partial charge on any atom is -0.487 e. The maximum atomic E-state index is 6.29. The van der Waals surface area contributed by atoms with Crippen LogP contribution in [0.25, 0.3) is 0 Å². The molecule has 20 heavy (non-hydrogen) atoms. The molecule has 0 aromatic heterocycles. The molecule has 1 heterocycles. The molecule has 0 radical (unpaired) electrons. The largest absolute Gasteiger partial charge is 0.487 e. The molecule has 2 nitrogen and oxygen atoms in total. The lowest BCUT2D eigenvalue weighted by Crippen LogP contribution is -2.41. The molecule has 0 fully saturated rings. The van der Waals surface area contributed by atoms with Crippen molar-refractivity contribution in [2.75, 3.05) is 7.05 Å². The smallest absolute Gasteiger partial charge is 0.125 e. The number of fused-ring (bicyclic) bond motifs is 1. The van der Waals surface area contributed by atoms with Gasteiger partial charge in [0.1, 0.15) is 11.4 Å². The van der Waals surface area contributed by atoms with Crippen molar-refractivity contribution >= 4 is 11.6 Å². The minimum absolute atomic E-state index is 0.0672. The SMILES string of the molecule is CCCCCCC1(C)CC(NC)c2cc(Cl)ccc2O1. The van der Waals surface area contributed by atoms with Gasteiger partial charge in [-0.15, -0.1) is 0 Å². The third-order valence-electron chi connectivity index (χ3n) is 4.25. The first-order valence-corrected chi connectivity index (χ1v) is 8.11. The summed E-state index contributed by atoms with van der Waals surface area (Å²) < 4.78 is 6.29. The quantitative estimate of drug-likeness (QED) is 0.736. The number of ether oxygens (including phenoxy) is 1. The van der Waals surface area contributed by atoms with Gasteiger partial charge in [-0.3, -0.25) is 0 Å². The molecule has 0 aliphatic carbocycles. The first-order valence-electron chi connectivity index (χ1n) is 7.74. The first-order chi connectivity index (χ1) is 9.58. The zero-order valence-corrected chi connectivity index (χ0v) is 13.6.